The van der Waals surface area contributed by atoms with Gasteiger partial charge >= 0.3 is 0 Å². The number of aromatic hydroxyl groups is 1. The van der Waals surface area contributed by atoms with E-state index >= 15 is 0 Å². The summed E-state index contributed by atoms with van der Waals surface area (Å²) in [6.45, 7) is 0.522. The summed E-state index contributed by atoms with van der Waals surface area (Å²) in [4.78, 5) is 4.78. The number of nitrogens with one attached hydrogen (secondary N) is 1. The van der Waals surface area contributed by atoms with Gasteiger partial charge in [-0.2, -0.15) is 5.48 Å². The van der Waals surface area contributed by atoms with E-state index in [1.807, 2.05) is 0 Å². The second-order valence-corrected chi connectivity index (χ2v) is 4.51. The lowest BCUT2D eigenvalue weighted by atomic mass is 10.1. The maximum absolute atomic E-state index is 9.95. The molecule has 4 heteroatoms. The number of aryl methyl sites for hydroxylation is 1. The van der Waals surface area contributed by atoms with Gasteiger partial charge in [0, 0.05) is 12.1 Å². The molecule has 1 aromatic rings. The van der Waals surface area contributed by atoms with E-state index in [1.165, 1.54) is 17.5 Å². The Kier molecular flexibility index (Phi) is 3.29. The van der Waals surface area contributed by atoms with E-state index in [0.29, 0.717) is 12.3 Å². The zero-order chi connectivity index (χ0) is 10.8. The number of halogens is 1. The Bertz CT molecular complexity index is 379. The average Bonchev–Trinajstić information content (AvgIpc) is 2.69. The van der Waals surface area contributed by atoms with Crippen molar-refractivity contribution in [2.24, 2.45) is 0 Å². The molecular weight excluding hydrogens is 258 g/mol. The molecule has 2 rings (SSSR count). The highest BCUT2D eigenvalue weighted by molar-refractivity contribution is 9.10. The third-order valence-corrected chi connectivity index (χ3v) is 3.65. The summed E-state index contributed by atoms with van der Waals surface area (Å²) in [7, 11) is 1.57. The molecule has 0 heterocycles. The maximum Gasteiger partial charge on any atom is 0.134 e. The van der Waals surface area contributed by atoms with Gasteiger partial charge in [0.15, 0.2) is 0 Å². The van der Waals surface area contributed by atoms with Crippen LogP contribution in [0.3, 0.4) is 0 Å². The average molecular weight is 272 g/mol. The topological polar surface area (TPSA) is 41.5 Å². The molecule has 0 unspecified atom stereocenters. The lowest BCUT2D eigenvalue weighted by molar-refractivity contribution is 0.0861. The molecule has 0 aromatic heterocycles. The first-order valence-corrected chi connectivity index (χ1v) is 5.81. The van der Waals surface area contributed by atoms with Gasteiger partial charge in [-0.05, 0) is 46.3 Å². The molecule has 0 saturated carbocycles. The van der Waals surface area contributed by atoms with Gasteiger partial charge in [-0.15, -0.1) is 0 Å². The summed E-state index contributed by atoms with van der Waals surface area (Å²) >= 11 is 3.46. The van der Waals surface area contributed by atoms with Crippen molar-refractivity contribution in [2.75, 3.05) is 7.11 Å². The Morgan fingerprint density at radius 3 is 3.07 bits per heavy atom. The summed E-state index contributed by atoms with van der Waals surface area (Å²) in [5, 5.41) is 9.95. The van der Waals surface area contributed by atoms with Crippen LogP contribution >= 0.6 is 15.9 Å². The molecule has 15 heavy (non-hydrogen) atoms. The minimum absolute atomic E-state index is 0.334. The van der Waals surface area contributed by atoms with Gasteiger partial charge in [-0.3, -0.25) is 0 Å². The predicted molar refractivity (Wildman–Crippen MR) is 61.7 cm³/mol. The fourth-order valence-corrected chi connectivity index (χ4v) is 2.73. The molecule has 0 fully saturated rings. The first-order valence-electron chi connectivity index (χ1n) is 5.02. The molecule has 82 valence electrons. The highest BCUT2D eigenvalue weighted by atomic mass is 79.9. The molecule has 2 N–H and O–H groups in total. The molecule has 1 aliphatic carbocycles. The molecule has 0 radical (unpaired) electrons. The number of benzene rings is 1. The molecule has 1 aliphatic rings. The van der Waals surface area contributed by atoms with Crippen LogP contribution in [0.15, 0.2) is 10.5 Å². The van der Waals surface area contributed by atoms with E-state index in [-0.39, 0.29) is 0 Å². The number of phenolic OH excluding ortho intramolecular Hbond substituents is 1. The van der Waals surface area contributed by atoms with E-state index < -0.39 is 0 Å². The van der Waals surface area contributed by atoms with Crippen molar-refractivity contribution in [2.45, 2.75) is 25.8 Å². The van der Waals surface area contributed by atoms with Crippen LogP contribution in [0.2, 0.25) is 0 Å². The van der Waals surface area contributed by atoms with Gasteiger partial charge in [-0.1, -0.05) is 6.07 Å². The van der Waals surface area contributed by atoms with Crippen LogP contribution in [0.5, 0.6) is 5.75 Å². The van der Waals surface area contributed by atoms with Crippen LogP contribution < -0.4 is 5.48 Å². The minimum atomic E-state index is 0.334. The first kappa shape index (κ1) is 10.9. The monoisotopic (exact) mass is 271 g/mol. The molecule has 0 spiro atoms. The number of hydroxylamine groups is 1. The molecule has 0 aliphatic heterocycles. The summed E-state index contributed by atoms with van der Waals surface area (Å²) < 4.78 is 0.852. The van der Waals surface area contributed by atoms with E-state index in [0.717, 1.165) is 22.9 Å². The molecule has 0 bridgehead atoms. The van der Waals surface area contributed by atoms with Crippen molar-refractivity contribution in [3.8, 4) is 5.75 Å². The molecule has 0 saturated heterocycles. The van der Waals surface area contributed by atoms with Crippen molar-refractivity contribution in [1.29, 1.82) is 0 Å². The molecule has 3 nitrogen and oxygen atoms in total. The van der Waals surface area contributed by atoms with Crippen LogP contribution in [-0.4, -0.2) is 12.2 Å². The Morgan fingerprint density at radius 2 is 2.33 bits per heavy atom. The zero-order valence-corrected chi connectivity index (χ0v) is 10.2. The van der Waals surface area contributed by atoms with Crippen molar-refractivity contribution in [3.05, 3.63) is 27.2 Å². The number of rotatable bonds is 3. The fourth-order valence-electron chi connectivity index (χ4n) is 2.02. The quantitative estimate of drug-likeness (QED) is 0.829. The highest BCUT2D eigenvalue weighted by Crippen LogP contribution is 2.38. The minimum Gasteiger partial charge on any atom is -0.506 e. The van der Waals surface area contributed by atoms with Gasteiger partial charge in [0.25, 0.3) is 0 Å². The van der Waals surface area contributed by atoms with Crippen LogP contribution in [0.25, 0.3) is 0 Å². The van der Waals surface area contributed by atoms with E-state index in [2.05, 4.69) is 27.5 Å². The van der Waals surface area contributed by atoms with Crippen LogP contribution in [-0.2, 0) is 24.2 Å². The lowest BCUT2D eigenvalue weighted by Gasteiger charge is -2.11. The van der Waals surface area contributed by atoms with Crippen molar-refractivity contribution in [3.63, 3.8) is 0 Å². The third-order valence-electron chi connectivity index (χ3n) is 2.79. The van der Waals surface area contributed by atoms with Gasteiger partial charge in [0.2, 0.25) is 0 Å². The van der Waals surface area contributed by atoms with Crippen molar-refractivity contribution >= 4 is 15.9 Å². The zero-order valence-electron chi connectivity index (χ0n) is 8.64. The third kappa shape index (κ3) is 2.02. The Labute approximate surface area is 97.5 Å². The molecular formula is C11H14BrNO2. The van der Waals surface area contributed by atoms with Gasteiger partial charge in [-0.25, -0.2) is 0 Å². The lowest BCUT2D eigenvalue weighted by Crippen LogP contribution is -2.11. The van der Waals surface area contributed by atoms with Gasteiger partial charge in [0.1, 0.15) is 5.75 Å². The summed E-state index contributed by atoms with van der Waals surface area (Å²) in [6.07, 6.45) is 3.34. The standard InChI is InChI=1S/C11H14BrNO2/c1-15-13-6-8-5-7-3-2-4-9(7)10(12)11(8)14/h5,13-14H,2-4,6H2,1H3. The maximum atomic E-state index is 9.95. The Hall–Kier alpha value is -0.580. The second kappa shape index (κ2) is 4.51. The largest absolute Gasteiger partial charge is 0.506 e. The summed E-state index contributed by atoms with van der Waals surface area (Å²) in [5.41, 5.74) is 6.22. The van der Waals surface area contributed by atoms with Crippen molar-refractivity contribution in [1.82, 2.24) is 5.48 Å². The van der Waals surface area contributed by atoms with Gasteiger partial charge < -0.3 is 9.94 Å². The summed E-state index contributed by atoms with van der Waals surface area (Å²) in [5.74, 6) is 0.334. The van der Waals surface area contributed by atoms with Crippen LogP contribution in [0.4, 0.5) is 0 Å². The Morgan fingerprint density at radius 1 is 1.53 bits per heavy atom. The van der Waals surface area contributed by atoms with E-state index in [4.69, 9.17) is 4.84 Å². The molecule has 0 amide bonds. The van der Waals surface area contributed by atoms with E-state index in [9.17, 15) is 5.11 Å². The number of fused-ring (bicyclic) bond motifs is 1. The normalized spacial score (nSPS) is 14.3. The van der Waals surface area contributed by atoms with E-state index in [1.54, 1.807) is 7.11 Å². The fraction of sp³-hybridized carbons (Fsp3) is 0.455. The molecule has 0 atom stereocenters. The SMILES string of the molecule is CONCc1cc2c(c(Br)c1O)CCC2. The van der Waals surface area contributed by atoms with Crippen molar-refractivity contribution < 1.29 is 9.94 Å². The highest BCUT2D eigenvalue weighted by Gasteiger charge is 2.19. The van der Waals surface area contributed by atoms with Gasteiger partial charge in [0.05, 0.1) is 11.6 Å². The van der Waals surface area contributed by atoms with Crippen LogP contribution in [0.1, 0.15) is 23.1 Å². The predicted octanol–water partition coefficient (Wildman–Crippen LogP) is 2.29. The number of phenols is 1. The second-order valence-electron chi connectivity index (χ2n) is 3.71. The smallest absolute Gasteiger partial charge is 0.134 e. The number of hydrogen-bond acceptors (Lipinski definition) is 3. The molecule has 1 aromatic carbocycles. The first-order chi connectivity index (χ1) is 7.24. The number of hydrogen-bond donors (Lipinski definition) is 2. The van der Waals surface area contributed by atoms with Crippen LogP contribution in [0, 0.1) is 0 Å². The summed E-state index contributed by atoms with van der Waals surface area (Å²) in [6, 6.07) is 2.06. The Balaban J connectivity index is 2.36.